The summed E-state index contributed by atoms with van der Waals surface area (Å²) in [5, 5.41) is 6.95. The Labute approximate surface area is 193 Å². The Kier molecular flexibility index (Phi) is 11.9. The Morgan fingerprint density at radius 1 is 1.21 bits per heavy atom. The number of nitrogens with one attached hydrogen (secondary N) is 2. The molecule has 166 valence electrons. The number of aliphatic imine (C=N–C) groups is 1. The van der Waals surface area contributed by atoms with Crippen LogP contribution < -0.4 is 15.4 Å². The van der Waals surface area contributed by atoms with Crippen molar-refractivity contribution in [1.82, 2.24) is 15.6 Å². The summed E-state index contributed by atoms with van der Waals surface area (Å²) in [5.41, 5.74) is 3.39. The van der Waals surface area contributed by atoms with Crippen molar-refractivity contribution in [1.29, 1.82) is 0 Å². The molecule has 0 unspecified atom stereocenters. The zero-order chi connectivity index (χ0) is 20.4. The van der Waals surface area contributed by atoms with Crippen LogP contribution in [0.2, 0.25) is 0 Å². The van der Waals surface area contributed by atoms with Gasteiger partial charge in [-0.2, -0.15) is 0 Å². The van der Waals surface area contributed by atoms with E-state index >= 15 is 0 Å². The molecular weight excluding hydrogens is 479 g/mol. The van der Waals surface area contributed by atoms with E-state index in [0.29, 0.717) is 12.0 Å². The molecule has 0 radical (unpaired) electrons. The van der Waals surface area contributed by atoms with Gasteiger partial charge in [-0.15, -0.1) is 24.0 Å². The van der Waals surface area contributed by atoms with E-state index in [4.69, 9.17) is 14.5 Å². The van der Waals surface area contributed by atoms with Gasteiger partial charge in [-0.05, 0) is 52.4 Å². The Bertz CT molecular complexity index is 646. The molecule has 0 atom stereocenters. The van der Waals surface area contributed by atoms with Crippen molar-refractivity contribution in [3.05, 3.63) is 23.0 Å². The van der Waals surface area contributed by atoms with Gasteiger partial charge in [-0.25, -0.2) is 4.99 Å². The molecular formula is C22H39IN4O2. The van der Waals surface area contributed by atoms with Crippen LogP contribution in [0, 0.1) is 19.3 Å². The lowest BCUT2D eigenvalue weighted by molar-refractivity contribution is 0.105. The van der Waals surface area contributed by atoms with Gasteiger partial charge < -0.3 is 20.1 Å². The van der Waals surface area contributed by atoms with Gasteiger partial charge in [0.15, 0.2) is 5.96 Å². The van der Waals surface area contributed by atoms with E-state index in [-0.39, 0.29) is 24.0 Å². The van der Waals surface area contributed by atoms with Gasteiger partial charge in [0.2, 0.25) is 0 Å². The second-order valence-corrected chi connectivity index (χ2v) is 7.75. The van der Waals surface area contributed by atoms with E-state index in [2.05, 4.69) is 29.5 Å². The van der Waals surface area contributed by atoms with E-state index in [9.17, 15) is 0 Å². The first kappa shape index (κ1) is 25.9. The van der Waals surface area contributed by atoms with Crippen LogP contribution in [-0.4, -0.2) is 44.4 Å². The third kappa shape index (κ3) is 7.59. The summed E-state index contributed by atoms with van der Waals surface area (Å²) in [6.45, 7) is 12.2. The maximum Gasteiger partial charge on any atom is 0.191 e. The first-order valence-electron chi connectivity index (χ1n) is 10.6. The zero-order valence-electron chi connectivity index (χ0n) is 18.8. The fourth-order valence-corrected chi connectivity index (χ4v) is 4.07. The van der Waals surface area contributed by atoms with Crippen LogP contribution >= 0.6 is 24.0 Å². The van der Waals surface area contributed by atoms with E-state index < -0.39 is 0 Å². The zero-order valence-corrected chi connectivity index (χ0v) is 21.1. The molecule has 1 aromatic heterocycles. The summed E-state index contributed by atoms with van der Waals surface area (Å²) >= 11 is 0. The maximum absolute atomic E-state index is 5.63. The van der Waals surface area contributed by atoms with E-state index in [1.165, 1.54) is 25.7 Å². The highest BCUT2D eigenvalue weighted by molar-refractivity contribution is 14.0. The Hall–Kier alpha value is -1.09. The van der Waals surface area contributed by atoms with Crippen molar-refractivity contribution in [3.8, 4) is 5.75 Å². The van der Waals surface area contributed by atoms with Gasteiger partial charge in [0.25, 0.3) is 0 Å². The lowest BCUT2D eigenvalue weighted by Gasteiger charge is -2.30. The lowest BCUT2D eigenvalue weighted by atomic mass is 9.83. The second kappa shape index (κ2) is 13.3. The van der Waals surface area contributed by atoms with Gasteiger partial charge in [0.1, 0.15) is 5.75 Å². The molecule has 0 aromatic carbocycles. The number of pyridine rings is 1. The highest BCUT2D eigenvalue weighted by atomic mass is 127. The fraction of sp³-hybridized carbons (Fsp3) is 0.727. The average molecular weight is 518 g/mol. The van der Waals surface area contributed by atoms with E-state index in [1.807, 2.05) is 20.0 Å². The summed E-state index contributed by atoms with van der Waals surface area (Å²) in [6.07, 6.45) is 8.13. The molecule has 29 heavy (non-hydrogen) atoms. The Balaban J connectivity index is 0.00000420. The number of nitrogens with zero attached hydrogens (tertiary/aromatic N) is 2. The van der Waals surface area contributed by atoms with Crippen LogP contribution in [0.3, 0.4) is 0 Å². The number of guanidine groups is 1. The predicted molar refractivity (Wildman–Crippen MR) is 131 cm³/mol. The molecule has 1 aliphatic rings. The van der Waals surface area contributed by atoms with Crippen molar-refractivity contribution < 1.29 is 9.47 Å². The van der Waals surface area contributed by atoms with Gasteiger partial charge >= 0.3 is 0 Å². The molecule has 0 aliphatic heterocycles. The monoisotopic (exact) mass is 518 g/mol. The number of hydrogen-bond donors (Lipinski definition) is 2. The number of hydrogen-bond acceptors (Lipinski definition) is 4. The molecule has 0 bridgehead atoms. The number of ether oxygens (including phenoxy) is 2. The molecule has 1 aliphatic carbocycles. The fourth-order valence-electron chi connectivity index (χ4n) is 4.07. The largest absolute Gasteiger partial charge is 0.496 e. The van der Waals surface area contributed by atoms with E-state index in [0.717, 1.165) is 61.3 Å². The number of rotatable bonds is 10. The molecule has 0 spiro atoms. The first-order chi connectivity index (χ1) is 13.5. The highest BCUT2D eigenvalue weighted by Crippen LogP contribution is 2.40. The van der Waals surface area contributed by atoms with Gasteiger partial charge in [-0.1, -0.05) is 12.8 Å². The summed E-state index contributed by atoms with van der Waals surface area (Å²) in [6, 6.07) is 0. The topological polar surface area (TPSA) is 67.8 Å². The molecule has 2 rings (SSSR count). The number of aryl methyl sites for hydroxylation is 1. The summed E-state index contributed by atoms with van der Waals surface area (Å²) in [4.78, 5) is 9.34. The summed E-state index contributed by atoms with van der Waals surface area (Å²) < 4.78 is 11.1. The van der Waals surface area contributed by atoms with Crippen LogP contribution in [0.4, 0.5) is 0 Å². The predicted octanol–water partition coefficient (Wildman–Crippen LogP) is 4.37. The van der Waals surface area contributed by atoms with Crippen molar-refractivity contribution >= 4 is 29.9 Å². The minimum Gasteiger partial charge on any atom is -0.496 e. The van der Waals surface area contributed by atoms with E-state index in [1.54, 1.807) is 7.11 Å². The molecule has 1 heterocycles. The number of methoxy groups -OCH3 is 1. The van der Waals surface area contributed by atoms with Crippen LogP contribution in [0.25, 0.3) is 0 Å². The minimum atomic E-state index is 0. The van der Waals surface area contributed by atoms with Gasteiger partial charge in [0.05, 0.1) is 19.3 Å². The molecule has 6 nitrogen and oxygen atoms in total. The molecule has 1 fully saturated rings. The van der Waals surface area contributed by atoms with Crippen LogP contribution in [0.1, 0.15) is 62.8 Å². The number of aromatic nitrogens is 1. The molecule has 1 saturated carbocycles. The SMILES string of the molecule is CCNC(=NCc1ncc(C)c(OC)c1C)NCC1(CCOCC)CCCC1.I. The Morgan fingerprint density at radius 2 is 1.93 bits per heavy atom. The molecule has 0 amide bonds. The van der Waals surface area contributed by atoms with Gasteiger partial charge in [-0.3, -0.25) is 4.98 Å². The third-order valence-electron chi connectivity index (χ3n) is 5.76. The lowest BCUT2D eigenvalue weighted by Crippen LogP contribution is -2.43. The van der Waals surface area contributed by atoms with Crippen LogP contribution in [0.15, 0.2) is 11.2 Å². The molecule has 2 N–H and O–H groups in total. The smallest absolute Gasteiger partial charge is 0.191 e. The van der Waals surface area contributed by atoms with Gasteiger partial charge in [0, 0.05) is 43.6 Å². The quantitative estimate of drug-likeness (QED) is 0.209. The normalized spacial score (nSPS) is 15.7. The maximum atomic E-state index is 5.63. The molecule has 1 aromatic rings. The van der Waals surface area contributed by atoms with Crippen molar-refractivity contribution in [2.24, 2.45) is 10.4 Å². The standard InChI is InChI=1S/C22H38N4O2.HI/c1-6-23-21(25-15-19-18(4)20(27-5)17(3)14-24-19)26-16-22(10-8-9-11-22)12-13-28-7-2;/h14H,6-13,15-16H2,1-5H3,(H2,23,25,26);1H. The average Bonchev–Trinajstić information content (AvgIpc) is 3.15. The third-order valence-corrected chi connectivity index (χ3v) is 5.76. The summed E-state index contributed by atoms with van der Waals surface area (Å²) in [7, 11) is 1.71. The molecule has 7 heteroatoms. The van der Waals surface area contributed by atoms with Crippen molar-refractivity contribution in [3.63, 3.8) is 0 Å². The minimum absolute atomic E-state index is 0. The molecule has 0 saturated heterocycles. The van der Waals surface area contributed by atoms with Crippen molar-refractivity contribution in [2.45, 2.75) is 66.3 Å². The summed E-state index contributed by atoms with van der Waals surface area (Å²) in [5.74, 6) is 1.75. The number of halogens is 1. The van der Waals surface area contributed by atoms with Crippen LogP contribution in [-0.2, 0) is 11.3 Å². The first-order valence-corrected chi connectivity index (χ1v) is 10.6. The second-order valence-electron chi connectivity index (χ2n) is 7.75. The Morgan fingerprint density at radius 3 is 2.55 bits per heavy atom. The van der Waals surface area contributed by atoms with Crippen LogP contribution in [0.5, 0.6) is 5.75 Å². The van der Waals surface area contributed by atoms with Crippen molar-refractivity contribution in [2.75, 3.05) is 33.4 Å². The highest BCUT2D eigenvalue weighted by Gasteiger charge is 2.33.